The molecule has 3 atom stereocenters. The Morgan fingerprint density at radius 1 is 1.17 bits per heavy atom. The first-order chi connectivity index (χ1) is 8.70. The number of aliphatic hydroxyl groups excluding tert-OH is 1. The second kappa shape index (κ2) is 3.75. The Labute approximate surface area is 111 Å². The average molecular weight is 263 g/mol. The van der Waals surface area contributed by atoms with Crippen LogP contribution in [0.1, 0.15) is 31.1 Å². The molecule has 2 aromatic rings. The number of furan rings is 1. The van der Waals surface area contributed by atoms with E-state index in [2.05, 4.69) is 0 Å². The van der Waals surface area contributed by atoms with Crippen molar-refractivity contribution in [2.45, 2.75) is 25.4 Å². The molecule has 0 aliphatic heterocycles. The maximum Gasteiger partial charge on any atom is 0.134 e. The Morgan fingerprint density at radius 3 is 2.72 bits per heavy atom. The highest BCUT2D eigenvalue weighted by atomic mass is 35.5. The van der Waals surface area contributed by atoms with Gasteiger partial charge in [-0.15, -0.1) is 0 Å². The fourth-order valence-electron chi connectivity index (χ4n) is 3.43. The van der Waals surface area contributed by atoms with Gasteiger partial charge in [0.25, 0.3) is 0 Å². The molecule has 18 heavy (non-hydrogen) atoms. The van der Waals surface area contributed by atoms with Crippen molar-refractivity contribution in [3.63, 3.8) is 0 Å². The predicted octanol–water partition coefficient (Wildman–Crippen LogP) is 4.17. The van der Waals surface area contributed by atoms with Gasteiger partial charge in [0.1, 0.15) is 17.4 Å². The van der Waals surface area contributed by atoms with Gasteiger partial charge in [0.05, 0.1) is 0 Å². The van der Waals surface area contributed by atoms with Gasteiger partial charge in [-0.1, -0.05) is 11.6 Å². The van der Waals surface area contributed by atoms with Gasteiger partial charge < -0.3 is 9.52 Å². The Balaban J connectivity index is 1.65. The van der Waals surface area contributed by atoms with E-state index >= 15 is 0 Å². The first-order valence-electron chi connectivity index (χ1n) is 6.58. The van der Waals surface area contributed by atoms with Crippen LogP contribution in [0.25, 0.3) is 11.0 Å². The molecule has 1 N–H and O–H groups in total. The van der Waals surface area contributed by atoms with E-state index in [1.165, 1.54) is 6.42 Å². The summed E-state index contributed by atoms with van der Waals surface area (Å²) in [5, 5.41) is 12.1. The molecule has 1 aromatic carbocycles. The van der Waals surface area contributed by atoms with Crippen molar-refractivity contribution in [1.82, 2.24) is 0 Å². The molecule has 0 radical (unpaired) electrons. The van der Waals surface area contributed by atoms with Crippen molar-refractivity contribution < 1.29 is 9.52 Å². The highest BCUT2D eigenvalue weighted by Crippen LogP contribution is 2.57. The first-order valence-corrected chi connectivity index (χ1v) is 6.95. The summed E-state index contributed by atoms with van der Waals surface area (Å²) in [6, 6.07) is 7.48. The van der Waals surface area contributed by atoms with Crippen LogP contribution in [0.5, 0.6) is 0 Å². The molecule has 0 bridgehead atoms. The van der Waals surface area contributed by atoms with Gasteiger partial charge in [-0.25, -0.2) is 0 Å². The molecule has 0 amide bonds. The van der Waals surface area contributed by atoms with Crippen molar-refractivity contribution in [3.05, 3.63) is 35.0 Å². The third-order valence-corrected chi connectivity index (χ3v) is 4.75. The molecule has 1 aromatic heterocycles. The molecule has 4 rings (SSSR count). The van der Waals surface area contributed by atoms with Crippen LogP contribution in [0, 0.1) is 17.8 Å². The third kappa shape index (κ3) is 1.67. The van der Waals surface area contributed by atoms with E-state index in [0.29, 0.717) is 16.7 Å². The zero-order chi connectivity index (χ0) is 12.3. The molecule has 0 spiro atoms. The van der Waals surface area contributed by atoms with E-state index in [-0.39, 0.29) is 0 Å². The number of hydrogen-bond donors (Lipinski definition) is 1. The van der Waals surface area contributed by atoms with Crippen LogP contribution in [0.4, 0.5) is 0 Å². The fraction of sp³-hybridized carbons (Fsp3) is 0.467. The Morgan fingerprint density at radius 2 is 1.94 bits per heavy atom. The quantitative estimate of drug-likeness (QED) is 0.881. The second-order valence-electron chi connectivity index (χ2n) is 5.76. The lowest BCUT2D eigenvalue weighted by Gasteiger charge is -2.16. The van der Waals surface area contributed by atoms with Crippen molar-refractivity contribution in [2.75, 3.05) is 0 Å². The number of halogens is 1. The van der Waals surface area contributed by atoms with Gasteiger partial charge >= 0.3 is 0 Å². The third-order valence-electron chi connectivity index (χ3n) is 4.52. The van der Waals surface area contributed by atoms with Crippen LogP contribution in [-0.4, -0.2) is 5.11 Å². The van der Waals surface area contributed by atoms with Gasteiger partial charge in [0, 0.05) is 10.4 Å². The lowest BCUT2D eigenvalue weighted by molar-refractivity contribution is 0.0841. The molecule has 2 nitrogen and oxygen atoms in total. The normalized spacial score (nSPS) is 31.6. The van der Waals surface area contributed by atoms with Crippen molar-refractivity contribution in [3.8, 4) is 0 Å². The molecule has 2 saturated carbocycles. The zero-order valence-corrected chi connectivity index (χ0v) is 10.7. The maximum absolute atomic E-state index is 10.4. The molecule has 2 fully saturated rings. The van der Waals surface area contributed by atoms with Crippen LogP contribution in [0.3, 0.4) is 0 Å². The number of fused-ring (bicyclic) bond motifs is 2. The summed E-state index contributed by atoms with van der Waals surface area (Å²) in [5.74, 6) is 2.83. The van der Waals surface area contributed by atoms with Gasteiger partial charge in [-0.05, 0) is 61.3 Å². The zero-order valence-electron chi connectivity index (χ0n) is 9.97. The summed E-state index contributed by atoms with van der Waals surface area (Å²) >= 11 is 5.96. The lowest BCUT2D eigenvalue weighted by atomic mass is 9.95. The Kier molecular flexibility index (Phi) is 2.27. The van der Waals surface area contributed by atoms with Gasteiger partial charge in [-0.3, -0.25) is 0 Å². The van der Waals surface area contributed by atoms with E-state index in [9.17, 15) is 5.11 Å². The van der Waals surface area contributed by atoms with Crippen molar-refractivity contribution in [2.24, 2.45) is 17.8 Å². The second-order valence-corrected chi connectivity index (χ2v) is 6.20. The standard InChI is InChI=1S/C15H15ClO2/c16-12-1-2-13-10(6-12)7-14(18-13)15(17)11-4-8-3-9(8)5-11/h1-2,6-9,11,15,17H,3-5H2. The summed E-state index contributed by atoms with van der Waals surface area (Å²) in [7, 11) is 0. The highest BCUT2D eigenvalue weighted by molar-refractivity contribution is 6.31. The molecule has 2 aliphatic carbocycles. The molecule has 2 aliphatic rings. The summed E-state index contributed by atoms with van der Waals surface area (Å²) in [6.45, 7) is 0. The molecular weight excluding hydrogens is 248 g/mol. The molecule has 1 heterocycles. The SMILES string of the molecule is OC(c1cc2cc(Cl)ccc2o1)C1CC2CC2C1. The molecule has 94 valence electrons. The molecule has 3 heteroatoms. The van der Waals surface area contributed by atoms with E-state index < -0.39 is 6.10 Å². The maximum atomic E-state index is 10.4. The Bertz CT molecular complexity index is 594. The number of rotatable bonds is 2. The molecular formula is C15H15ClO2. The lowest BCUT2D eigenvalue weighted by Crippen LogP contribution is -2.09. The predicted molar refractivity (Wildman–Crippen MR) is 70.5 cm³/mol. The van der Waals surface area contributed by atoms with E-state index in [4.69, 9.17) is 16.0 Å². The topological polar surface area (TPSA) is 33.4 Å². The summed E-state index contributed by atoms with van der Waals surface area (Å²) in [5.41, 5.74) is 0.802. The largest absolute Gasteiger partial charge is 0.458 e. The minimum absolute atomic E-state index is 0.379. The first kappa shape index (κ1) is 10.9. The average Bonchev–Trinajstić information content (AvgIpc) is 2.81. The fourth-order valence-corrected chi connectivity index (χ4v) is 3.61. The summed E-state index contributed by atoms with van der Waals surface area (Å²) in [6.07, 6.45) is 3.23. The smallest absolute Gasteiger partial charge is 0.134 e. The van der Waals surface area contributed by atoms with E-state index in [0.717, 1.165) is 35.6 Å². The van der Waals surface area contributed by atoms with Crippen LogP contribution < -0.4 is 0 Å². The van der Waals surface area contributed by atoms with Gasteiger partial charge in [0.2, 0.25) is 0 Å². The monoisotopic (exact) mass is 262 g/mol. The van der Waals surface area contributed by atoms with Crippen LogP contribution in [0.2, 0.25) is 5.02 Å². The minimum Gasteiger partial charge on any atom is -0.458 e. The summed E-state index contributed by atoms with van der Waals surface area (Å²) < 4.78 is 5.74. The van der Waals surface area contributed by atoms with Gasteiger partial charge in [-0.2, -0.15) is 0 Å². The van der Waals surface area contributed by atoms with Crippen molar-refractivity contribution >= 4 is 22.6 Å². The van der Waals surface area contributed by atoms with Crippen molar-refractivity contribution in [1.29, 1.82) is 0 Å². The summed E-state index contributed by atoms with van der Waals surface area (Å²) in [4.78, 5) is 0. The molecule has 3 unspecified atom stereocenters. The van der Waals surface area contributed by atoms with E-state index in [1.54, 1.807) is 0 Å². The number of hydrogen-bond acceptors (Lipinski definition) is 2. The molecule has 0 saturated heterocycles. The van der Waals surface area contributed by atoms with E-state index in [1.807, 2.05) is 24.3 Å². The minimum atomic E-state index is -0.455. The van der Waals surface area contributed by atoms with Crippen LogP contribution >= 0.6 is 11.6 Å². The van der Waals surface area contributed by atoms with Crippen LogP contribution in [-0.2, 0) is 0 Å². The Hall–Kier alpha value is -0.990. The van der Waals surface area contributed by atoms with Gasteiger partial charge in [0.15, 0.2) is 0 Å². The number of benzene rings is 1. The number of aliphatic hydroxyl groups is 1. The highest BCUT2D eigenvalue weighted by Gasteiger charge is 2.48. The van der Waals surface area contributed by atoms with Crippen LogP contribution in [0.15, 0.2) is 28.7 Å².